The van der Waals surface area contributed by atoms with Crippen molar-refractivity contribution in [2.24, 2.45) is 5.73 Å². The van der Waals surface area contributed by atoms with Gasteiger partial charge in [-0.25, -0.2) is 0 Å². The number of aromatic nitrogens is 2. The number of rotatable bonds is 14. The smallest absolute Gasteiger partial charge is 0.507 e. The molecule has 0 saturated carbocycles. The number of hydrogen-bond donors (Lipinski definition) is 3. The quantitative estimate of drug-likeness (QED) is 0.302. The Hall–Kier alpha value is -2.59. The molecule has 0 aliphatic heterocycles. The number of halogens is 3. The van der Waals surface area contributed by atoms with Crippen molar-refractivity contribution >= 4 is 5.82 Å². The van der Waals surface area contributed by atoms with Gasteiger partial charge in [0.05, 0.1) is 0 Å². The Bertz CT molecular complexity index is 910. The molecular formula is C24H35F3N4O3. The average molecular weight is 485 g/mol. The Balaban J connectivity index is 2.45. The Labute approximate surface area is 198 Å². The van der Waals surface area contributed by atoms with Crippen molar-refractivity contribution in [2.45, 2.75) is 77.7 Å². The maximum absolute atomic E-state index is 12.5. The molecule has 1 atom stereocenters. The molecule has 2 aromatic rings. The predicted molar refractivity (Wildman–Crippen MR) is 126 cm³/mol. The van der Waals surface area contributed by atoms with E-state index in [1.54, 1.807) is 7.11 Å². The number of phenols is 1. The highest BCUT2D eigenvalue weighted by Gasteiger charge is 2.31. The minimum absolute atomic E-state index is 0.189. The molecule has 0 unspecified atom stereocenters. The van der Waals surface area contributed by atoms with Gasteiger partial charge < -0.3 is 25.6 Å². The molecule has 0 radical (unpaired) electrons. The van der Waals surface area contributed by atoms with E-state index < -0.39 is 17.9 Å². The fraction of sp³-hybridized carbons (Fsp3) is 0.583. The highest BCUT2D eigenvalue weighted by atomic mass is 19.4. The summed E-state index contributed by atoms with van der Waals surface area (Å²) in [5.41, 5.74) is 8.30. The summed E-state index contributed by atoms with van der Waals surface area (Å²) in [4.78, 5) is 0. The normalized spacial score (nSPS) is 12.6. The van der Waals surface area contributed by atoms with Gasteiger partial charge in [0.25, 0.3) is 0 Å². The highest BCUT2D eigenvalue weighted by molar-refractivity contribution is 5.73. The third kappa shape index (κ3) is 8.02. The van der Waals surface area contributed by atoms with Crippen molar-refractivity contribution in [1.82, 2.24) is 10.2 Å². The van der Waals surface area contributed by atoms with Crippen LogP contribution in [-0.2, 0) is 17.7 Å². The van der Waals surface area contributed by atoms with Gasteiger partial charge >= 0.3 is 6.36 Å². The maximum Gasteiger partial charge on any atom is 0.573 e. The summed E-state index contributed by atoms with van der Waals surface area (Å²) in [7, 11) is 1.61. The van der Waals surface area contributed by atoms with Crippen LogP contribution in [-0.4, -0.2) is 41.4 Å². The van der Waals surface area contributed by atoms with Gasteiger partial charge in [0.15, 0.2) is 5.82 Å². The minimum atomic E-state index is -4.86. The van der Waals surface area contributed by atoms with Gasteiger partial charge in [0.2, 0.25) is 0 Å². The Morgan fingerprint density at radius 2 is 1.88 bits per heavy atom. The van der Waals surface area contributed by atoms with Crippen molar-refractivity contribution < 1.29 is 27.8 Å². The van der Waals surface area contributed by atoms with Crippen molar-refractivity contribution in [1.29, 1.82) is 0 Å². The van der Waals surface area contributed by atoms with Crippen LogP contribution in [0.5, 0.6) is 11.5 Å². The van der Waals surface area contributed by atoms with Crippen LogP contribution in [0.4, 0.5) is 19.0 Å². The second kappa shape index (κ2) is 13.3. The molecule has 2 rings (SSSR count). The number of nitrogens with zero attached hydrogens (tertiary/aromatic N) is 2. The second-order valence-corrected chi connectivity index (χ2v) is 8.13. The number of anilines is 1. The molecule has 1 heterocycles. The van der Waals surface area contributed by atoms with Crippen LogP contribution < -0.4 is 15.8 Å². The van der Waals surface area contributed by atoms with Gasteiger partial charge in [-0.15, -0.1) is 23.4 Å². The number of nitrogens with one attached hydrogen (secondary N) is 1. The number of phenolic OH excluding ortho intramolecular Hbond substituents is 1. The maximum atomic E-state index is 12.5. The first-order chi connectivity index (χ1) is 16.2. The van der Waals surface area contributed by atoms with Gasteiger partial charge in [-0.05, 0) is 43.4 Å². The molecule has 0 amide bonds. The fourth-order valence-corrected chi connectivity index (χ4v) is 3.84. The average Bonchev–Trinajstić information content (AvgIpc) is 2.78. The largest absolute Gasteiger partial charge is 0.573 e. The van der Waals surface area contributed by atoms with Crippen molar-refractivity contribution in [2.75, 3.05) is 19.0 Å². The predicted octanol–water partition coefficient (Wildman–Crippen LogP) is 5.56. The van der Waals surface area contributed by atoms with Crippen LogP contribution in [0.25, 0.3) is 11.3 Å². The summed E-state index contributed by atoms with van der Waals surface area (Å²) in [6, 6.07) is 3.61. The fourth-order valence-electron chi connectivity index (χ4n) is 3.84. The summed E-state index contributed by atoms with van der Waals surface area (Å²) >= 11 is 0. The molecule has 10 heteroatoms. The lowest BCUT2D eigenvalue weighted by Crippen LogP contribution is -2.22. The first-order valence-electron chi connectivity index (χ1n) is 11.7. The first kappa shape index (κ1) is 27.7. The number of aromatic hydroxyl groups is 1. The molecule has 0 aliphatic carbocycles. The number of benzene rings is 1. The standard InChI is InChI=1S/C24H35F3N4O3/c1-4-6-7-9-16(5-2)29-23-20(15-28)18(10-8-13-33-3)22(30-31-23)19-12-11-17(14-21(19)32)34-24(25,26)27/h11-12,14,16,32H,4-10,13,15,28H2,1-3H3,(H,29,31)/t16-/m0/s1. The van der Waals surface area contributed by atoms with E-state index in [0.29, 0.717) is 31.0 Å². The van der Waals surface area contributed by atoms with Gasteiger partial charge in [-0.3, -0.25) is 0 Å². The lowest BCUT2D eigenvalue weighted by Gasteiger charge is -2.22. The number of nitrogens with two attached hydrogens (primary N) is 1. The molecule has 190 valence electrons. The number of methoxy groups -OCH3 is 1. The van der Waals surface area contributed by atoms with Crippen LogP contribution >= 0.6 is 0 Å². The molecule has 0 fully saturated rings. The number of unbranched alkanes of at least 4 members (excludes halogenated alkanes) is 2. The summed E-state index contributed by atoms with van der Waals surface area (Å²) < 4.78 is 46.7. The molecule has 0 aliphatic rings. The van der Waals surface area contributed by atoms with Crippen molar-refractivity contribution in [3.8, 4) is 22.8 Å². The molecule has 0 bridgehead atoms. The van der Waals surface area contributed by atoms with Crippen molar-refractivity contribution in [3.63, 3.8) is 0 Å². The minimum Gasteiger partial charge on any atom is -0.507 e. The van der Waals surface area contributed by atoms with Crippen LogP contribution in [0.3, 0.4) is 0 Å². The Morgan fingerprint density at radius 3 is 2.47 bits per heavy atom. The van der Waals surface area contributed by atoms with E-state index in [1.807, 2.05) is 0 Å². The monoisotopic (exact) mass is 484 g/mol. The SMILES string of the molecule is CCCCC[C@H](CC)Nc1nnc(-c2ccc(OC(F)(F)F)cc2O)c(CCCOC)c1CN. The van der Waals surface area contributed by atoms with Gasteiger partial charge in [0, 0.05) is 43.5 Å². The van der Waals surface area contributed by atoms with E-state index in [4.69, 9.17) is 10.5 Å². The zero-order valence-electron chi connectivity index (χ0n) is 20.0. The summed E-state index contributed by atoms with van der Waals surface area (Å²) in [5.74, 6) is -0.310. The second-order valence-electron chi connectivity index (χ2n) is 8.13. The van der Waals surface area contributed by atoms with E-state index in [-0.39, 0.29) is 18.2 Å². The molecule has 1 aromatic heterocycles. The zero-order valence-corrected chi connectivity index (χ0v) is 20.0. The lowest BCUT2D eigenvalue weighted by atomic mass is 9.96. The topological polar surface area (TPSA) is 103 Å². The van der Waals surface area contributed by atoms with Crippen molar-refractivity contribution in [3.05, 3.63) is 29.3 Å². The highest BCUT2D eigenvalue weighted by Crippen LogP contribution is 2.37. The van der Waals surface area contributed by atoms with Crippen LogP contribution in [0, 0.1) is 0 Å². The molecule has 4 N–H and O–H groups in total. The zero-order chi connectivity index (χ0) is 25.1. The molecular weight excluding hydrogens is 449 g/mol. The van der Waals surface area contributed by atoms with Crippen LogP contribution in [0.2, 0.25) is 0 Å². The van der Waals surface area contributed by atoms with E-state index in [1.165, 1.54) is 6.07 Å². The summed E-state index contributed by atoms with van der Waals surface area (Å²) in [5, 5.41) is 22.7. The molecule has 0 spiro atoms. The third-order valence-electron chi connectivity index (χ3n) is 5.61. The lowest BCUT2D eigenvalue weighted by molar-refractivity contribution is -0.274. The molecule has 0 saturated heterocycles. The number of alkyl halides is 3. The first-order valence-corrected chi connectivity index (χ1v) is 11.7. The van der Waals surface area contributed by atoms with E-state index in [9.17, 15) is 18.3 Å². The van der Waals surface area contributed by atoms with Crippen LogP contribution in [0.15, 0.2) is 18.2 Å². The van der Waals surface area contributed by atoms with E-state index in [2.05, 4.69) is 34.1 Å². The summed E-state index contributed by atoms with van der Waals surface area (Å²) in [6.45, 7) is 4.96. The molecule has 7 nitrogen and oxygen atoms in total. The van der Waals surface area contributed by atoms with E-state index in [0.717, 1.165) is 55.4 Å². The number of ether oxygens (including phenoxy) is 2. The molecule has 1 aromatic carbocycles. The molecule has 34 heavy (non-hydrogen) atoms. The third-order valence-corrected chi connectivity index (χ3v) is 5.61. The van der Waals surface area contributed by atoms with Gasteiger partial charge in [-0.1, -0.05) is 33.1 Å². The van der Waals surface area contributed by atoms with E-state index >= 15 is 0 Å². The number of hydrogen-bond acceptors (Lipinski definition) is 7. The van der Waals surface area contributed by atoms with Crippen LogP contribution in [0.1, 0.15) is 63.5 Å². The van der Waals surface area contributed by atoms with Gasteiger partial charge in [-0.2, -0.15) is 0 Å². The van der Waals surface area contributed by atoms with Gasteiger partial charge in [0.1, 0.15) is 17.2 Å². The Kier molecular flexibility index (Phi) is 10.8. The summed E-state index contributed by atoms with van der Waals surface area (Å²) in [6.07, 6.45) is 1.67. The Morgan fingerprint density at radius 1 is 1.12 bits per heavy atom.